The zero-order chi connectivity index (χ0) is 22.9. The molecular formula is C23H30N6O3S. The van der Waals surface area contributed by atoms with Crippen molar-refractivity contribution in [3.63, 3.8) is 0 Å². The minimum atomic E-state index is -0.997. The Morgan fingerprint density at radius 1 is 1.15 bits per heavy atom. The first-order chi connectivity index (χ1) is 16.0. The summed E-state index contributed by atoms with van der Waals surface area (Å²) in [6.07, 6.45) is 2.42. The molecule has 0 amide bonds. The molecule has 0 radical (unpaired) electrons. The van der Waals surface area contributed by atoms with E-state index in [0.29, 0.717) is 18.2 Å². The lowest BCUT2D eigenvalue weighted by molar-refractivity contribution is 0.00446. The van der Waals surface area contributed by atoms with E-state index in [2.05, 4.69) is 27.6 Å². The number of aliphatic hydroxyl groups excluding tert-OH is 3. The van der Waals surface area contributed by atoms with E-state index >= 15 is 0 Å². The number of hydrogen-bond donors (Lipinski definition) is 5. The smallest absolute Gasteiger partial charge is 0.224 e. The van der Waals surface area contributed by atoms with Gasteiger partial charge >= 0.3 is 0 Å². The number of rotatable bonds is 6. The van der Waals surface area contributed by atoms with Crippen molar-refractivity contribution < 1.29 is 15.3 Å². The average Bonchev–Trinajstić information content (AvgIpc) is 3.35. The minimum Gasteiger partial charge on any atom is -0.396 e. The van der Waals surface area contributed by atoms with E-state index in [1.807, 2.05) is 24.3 Å². The molecule has 2 aromatic heterocycles. The summed E-state index contributed by atoms with van der Waals surface area (Å²) < 4.78 is 1.07. The fourth-order valence-corrected chi connectivity index (χ4v) is 5.77. The summed E-state index contributed by atoms with van der Waals surface area (Å²) in [5.74, 6) is 0.709. The van der Waals surface area contributed by atoms with E-state index in [0.717, 1.165) is 46.7 Å². The van der Waals surface area contributed by atoms with Gasteiger partial charge in [0.05, 0.1) is 27.9 Å². The van der Waals surface area contributed by atoms with E-state index in [1.165, 1.54) is 0 Å². The summed E-state index contributed by atoms with van der Waals surface area (Å²) in [6.45, 7) is 1.85. The van der Waals surface area contributed by atoms with Gasteiger partial charge in [0.2, 0.25) is 5.95 Å². The summed E-state index contributed by atoms with van der Waals surface area (Å²) >= 11 is 1.56. The van der Waals surface area contributed by atoms with Crippen LogP contribution in [0.25, 0.3) is 20.8 Å². The van der Waals surface area contributed by atoms with E-state index in [1.54, 1.807) is 17.5 Å². The highest BCUT2D eigenvalue weighted by Crippen LogP contribution is 2.36. The highest BCUT2D eigenvalue weighted by molar-refractivity contribution is 7.21. The molecule has 1 saturated heterocycles. The molecule has 2 aliphatic rings. The first-order valence-corrected chi connectivity index (χ1v) is 12.2. The molecule has 3 heterocycles. The number of thiazole rings is 1. The molecule has 5 unspecified atom stereocenters. The molecule has 33 heavy (non-hydrogen) atoms. The van der Waals surface area contributed by atoms with Crippen molar-refractivity contribution in [3.8, 4) is 10.6 Å². The third kappa shape index (κ3) is 4.67. The second-order valence-corrected chi connectivity index (χ2v) is 10.1. The van der Waals surface area contributed by atoms with Crippen molar-refractivity contribution in [2.45, 2.75) is 43.6 Å². The molecule has 176 valence electrons. The zero-order valence-corrected chi connectivity index (χ0v) is 19.4. The number of piperidine rings is 1. The van der Waals surface area contributed by atoms with Gasteiger partial charge in [-0.1, -0.05) is 12.1 Å². The van der Waals surface area contributed by atoms with E-state index in [9.17, 15) is 15.3 Å². The topological polar surface area (TPSA) is 127 Å². The Labute approximate surface area is 196 Å². The van der Waals surface area contributed by atoms with Crippen LogP contribution in [-0.4, -0.2) is 86.2 Å². The maximum Gasteiger partial charge on any atom is 0.224 e. The van der Waals surface area contributed by atoms with Gasteiger partial charge in [-0.3, -0.25) is 0 Å². The van der Waals surface area contributed by atoms with Crippen LogP contribution in [0.3, 0.4) is 0 Å². The van der Waals surface area contributed by atoms with Crippen LogP contribution in [0.1, 0.15) is 19.3 Å². The quantitative estimate of drug-likeness (QED) is 0.366. The van der Waals surface area contributed by atoms with Gasteiger partial charge < -0.3 is 30.9 Å². The zero-order valence-electron chi connectivity index (χ0n) is 18.6. The first kappa shape index (κ1) is 22.4. The highest BCUT2D eigenvalue weighted by Gasteiger charge is 2.41. The maximum atomic E-state index is 10.6. The lowest BCUT2D eigenvalue weighted by Gasteiger charge is -2.30. The van der Waals surface area contributed by atoms with Crippen LogP contribution in [0, 0.1) is 5.92 Å². The standard InChI is InChI=1S/C23H30N6O3S/c1-29-8-4-5-14(11-29)25-23-24-10-15(22-27-16-6-2-3-7-18(16)33-22)21(28-23)26-17-9-13(12-30)19(31)20(17)32/h2-3,6-7,10,13-14,17,19-20,30-32H,4-5,8-9,11-12H2,1H3,(H2,24,25,26,28). The molecule has 1 aliphatic heterocycles. The Morgan fingerprint density at radius 3 is 2.76 bits per heavy atom. The van der Waals surface area contributed by atoms with Crippen molar-refractivity contribution in [1.82, 2.24) is 19.9 Å². The van der Waals surface area contributed by atoms with Crippen molar-refractivity contribution in [2.75, 3.05) is 37.4 Å². The van der Waals surface area contributed by atoms with Crippen LogP contribution in [0.15, 0.2) is 30.5 Å². The van der Waals surface area contributed by atoms with Gasteiger partial charge in [-0.25, -0.2) is 9.97 Å². The molecule has 3 aromatic rings. The van der Waals surface area contributed by atoms with Crippen LogP contribution in [0.4, 0.5) is 11.8 Å². The van der Waals surface area contributed by atoms with Gasteiger partial charge in [0.25, 0.3) is 0 Å². The maximum absolute atomic E-state index is 10.6. The van der Waals surface area contributed by atoms with Crippen LogP contribution < -0.4 is 10.6 Å². The fourth-order valence-electron chi connectivity index (χ4n) is 4.80. The van der Waals surface area contributed by atoms with Crippen molar-refractivity contribution in [2.24, 2.45) is 5.92 Å². The Hall–Kier alpha value is -2.37. The normalized spacial score (nSPS) is 28.3. The largest absolute Gasteiger partial charge is 0.396 e. The highest BCUT2D eigenvalue weighted by atomic mass is 32.1. The molecule has 0 bridgehead atoms. The summed E-state index contributed by atoms with van der Waals surface area (Å²) in [6, 6.07) is 7.78. The number of nitrogens with one attached hydrogen (secondary N) is 2. The van der Waals surface area contributed by atoms with Crippen LogP contribution in [-0.2, 0) is 0 Å². The number of aliphatic hydroxyl groups is 3. The average molecular weight is 471 g/mol. The SMILES string of the molecule is CN1CCCC(Nc2ncc(-c3nc4ccccc4s3)c(NC3CC(CO)C(O)C3O)n2)C1. The molecule has 9 nitrogen and oxygen atoms in total. The van der Waals surface area contributed by atoms with E-state index < -0.39 is 18.2 Å². The number of nitrogens with zero attached hydrogens (tertiary/aromatic N) is 4. The number of para-hydroxylation sites is 1. The molecule has 5 atom stereocenters. The van der Waals surface area contributed by atoms with Crippen LogP contribution in [0.2, 0.25) is 0 Å². The Balaban J connectivity index is 1.47. The Bertz CT molecular complexity index is 1080. The van der Waals surface area contributed by atoms with E-state index in [-0.39, 0.29) is 18.6 Å². The molecule has 5 N–H and O–H groups in total. The predicted molar refractivity (Wildman–Crippen MR) is 129 cm³/mol. The number of benzene rings is 1. The molecule has 2 fully saturated rings. The summed E-state index contributed by atoms with van der Waals surface area (Å²) in [5, 5.41) is 37.9. The lowest BCUT2D eigenvalue weighted by atomic mass is 10.1. The molecule has 0 spiro atoms. The minimum absolute atomic E-state index is 0.174. The second kappa shape index (κ2) is 9.47. The summed E-state index contributed by atoms with van der Waals surface area (Å²) in [4.78, 5) is 16.4. The third-order valence-corrected chi connectivity index (χ3v) is 7.70. The van der Waals surface area contributed by atoms with Gasteiger partial charge in [-0.15, -0.1) is 11.3 Å². The number of likely N-dealkylation sites (tertiary alicyclic amines) is 1. The first-order valence-electron chi connectivity index (χ1n) is 11.4. The van der Waals surface area contributed by atoms with Crippen LogP contribution >= 0.6 is 11.3 Å². The van der Waals surface area contributed by atoms with Gasteiger partial charge in [-0.2, -0.15) is 4.98 Å². The van der Waals surface area contributed by atoms with E-state index in [4.69, 9.17) is 9.97 Å². The molecule has 1 saturated carbocycles. The number of anilines is 2. The van der Waals surface area contributed by atoms with Gasteiger partial charge in [0.15, 0.2) is 0 Å². The molecular weight excluding hydrogens is 440 g/mol. The summed E-state index contributed by atoms with van der Waals surface area (Å²) in [5.41, 5.74) is 1.66. The predicted octanol–water partition coefficient (Wildman–Crippen LogP) is 1.77. The van der Waals surface area contributed by atoms with Gasteiger partial charge in [0, 0.05) is 31.3 Å². The number of aromatic nitrogens is 3. The third-order valence-electron chi connectivity index (χ3n) is 6.63. The molecule has 1 aliphatic carbocycles. The Kier molecular flexibility index (Phi) is 6.44. The second-order valence-electron chi connectivity index (χ2n) is 9.10. The van der Waals surface area contributed by atoms with Crippen molar-refractivity contribution in [1.29, 1.82) is 0 Å². The van der Waals surface area contributed by atoms with Crippen molar-refractivity contribution >= 4 is 33.3 Å². The monoisotopic (exact) mass is 470 g/mol. The molecule has 1 aromatic carbocycles. The Morgan fingerprint density at radius 2 is 2.00 bits per heavy atom. The summed E-state index contributed by atoms with van der Waals surface area (Å²) in [7, 11) is 2.11. The van der Waals surface area contributed by atoms with Gasteiger partial charge in [0.1, 0.15) is 16.9 Å². The number of fused-ring (bicyclic) bond motifs is 1. The fraction of sp³-hybridized carbons (Fsp3) is 0.522. The molecule has 10 heteroatoms. The van der Waals surface area contributed by atoms with Crippen molar-refractivity contribution in [3.05, 3.63) is 30.5 Å². The van der Waals surface area contributed by atoms with Gasteiger partial charge in [-0.05, 0) is 45.0 Å². The van der Waals surface area contributed by atoms with Crippen LogP contribution in [0.5, 0.6) is 0 Å². The molecule has 5 rings (SSSR count). The number of likely N-dealkylation sites (N-methyl/N-ethyl adjacent to an activating group) is 1. The lowest BCUT2D eigenvalue weighted by Crippen LogP contribution is -2.40. The number of hydrogen-bond acceptors (Lipinski definition) is 10.